The Bertz CT molecular complexity index is 1370. The van der Waals surface area contributed by atoms with Gasteiger partial charge in [0.15, 0.2) is 5.78 Å². The van der Waals surface area contributed by atoms with E-state index in [4.69, 9.17) is 4.98 Å². The van der Waals surface area contributed by atoms with Crippen molar-refractivity contribution in [2.24, 2.45) is 0 Å². The molecule has 0 radical (unpaired) electrons. The van der Waals surface area contributed by atoms with E-state index >= 15 is 0 Å². The number of aromatic nitrogens is 2. The normalized spacial score (nSPS) is 19.3. The number of pyridine rings is 2. The number of rotatable bonds is 4. The summed E-state index contributed by atoms with van der Waals surface area (Å²) in [6, 6.07) is 8.25. The molecule has 2 aromatic heterocycles. The molecule has 0 amide bonds. The Morgan fingerprint density at radius 2 is 1.94 bits per heavy atom. The molecule has 1 aliphatic carbocycles. The number of hydrogen-bond donors (Lipinski definition) is 1. The van der Waals surface area contributed by atoms with Gasteiger partial charge in [-0.15, -0.1) is 0 Å². The van der Waals surface area contributed by atoms with E-state index in [1.807, 2.05) is 6.07 Å². The van der Waals surface area contributed by atoms with Crippen molar-refractivity contribution < 1.29 is 9.90 Å². The standard InChI is InChI=1S/C27H31N3O3/c1-6-27(33)21-12-23-25-16(13-30(23)26(32)18(21)8-10-24(27)31)11-19-20(14-29(4)5)17(15(2)3)7-9-22(19)28-25/h7,9,11-12,15,33H,6,8,10,13-14H2,1-5H3. The molecule has 0 spiro atoms. The maximum atomic E-state index is 13.4. The molecule has 172 valence electrons. The van der Waals surface area contributed by atoms with E-state index in [1.165, 1.54) is 11.1 Å². The highest BCUT2D eigenvalue weighted by molar-refractivity contribution is 5.92. The Hall–Kier alpha value is -2.83. The van der Waals surface area contributed by atoms with Crippen LogP contribution in [0.1, 0.15) is 67.3 Å². The number of Topliss-reactive ketones (excluding diaryl/α,β-unsaturated/α-hetero) is 1. The van der Waals surface area contributed by atoms with Gasteiger partial charge in [-0.05, 0) is 62.2 Å². The first-order chi connectivity index (χ1) is 15.7. The summed E-state index contributed by atoms with van der Waals surface area (Å²) < 4.78 is 1.76. The van der Waals surface area contributed by atoms with E-state index in [1.54, 1.807) is 11.5 Å². The maximum absolute atomic E-state index is 13.4. The van der Waals surface area contributed by atoms with Gasteiger partial charge in [0.25, 0.3) is 5.56 Å². The largest absolute Gasteiger partial charge is 0.377 e. The summed E-state index contributed by atoms with van der Waals surface area (Å²) in [6.45, 7) is 7.48. The second kappa shape index (κ2) is 7.61. The number of ketones is 1. The molecule has 1 aromatic carbocycles. The smallest absolute Gasteiger partial charge is 0.254 e. The van der Waals surface area contributed by atoms with Gasteiger partial charge in [-0.2, -0.15) is 0 Å². The second-order valence-electron chi connectivity index (χ2n) is 10.0. The highest BCUT2D eigenvalue weighted by Gasteiger charge is 2.43. The summed E-state index contributed by atoms with van der Waals surface area (Å²) in [4.78, 5) is 33.2. The molecule has 5 rings (SSSR count). The Labute approximate surface area is 193 Å². The fourth-order valence-corrected chi connectivity index (χ4v) is 5.55. The molecule has 0 saturated carbocycles. The zero-order valence-corrected chi connectivity index (χ0v) is 20.0. The molecule has 1 N–H and O–H groups in total. The molecule has 6 heteroatoms. The SMILES string of the molecule is CCC1(O)C(=O)CCc2c1cc1n(c2=O)Cc2cc3c(CN(C)C)c(C(C)C)ccc3nc2-1. The van der Waals surface area contributed by atoms with E-state index in [0.717, 1.165) is 28.7 Å². The van der Waals surface area contributed by atoms with Crippen LogP contribution in [0.25, 0.3) is 22.3 Å². The van der Waals surface area contributed by atoms with Crippen LogP contribution in [0.3, 0.4) is 0 Å². The lowest BCUT2D eigenvalue weighted by Gasteiger charge is -2.32. The molecule has 1 unspecified atom stereocenters. The molecule has 0 saturated heterocycles. The van der Waals surface area contributed by atoms with Crippen molar-refractivity contribution in [3.8, 4) is 11.4 Å². The predicted molar refractivity (Wildman–Crippen MR) is 130 cm³/mol. The first-order valence-electron chi connectivity index (χ1n) is 11.8. The Balaban J connectivity index is 1.75. The first kappa shape index (κ1) is 22.0. The number of benzene rings is 1. The summed E-state index contributed by atoms with van der Waals surface area (Å²) in [5, 5.41) is 12.3. The third-order valence-electron chi connectivity index (χ3n) is 7.31. The van der Waals surface area contributed by atoms with Gasteiger partial charge in [0.05, 0.1) is 23.4 Å². The van der Waals surface area contributed by atoms with Gasteiger partial charge in [-0.1, -0.05) is 26.8 Å². The quantitative estimate of drug-likeness (QED) is 0.518. The first-order valence-corrected chi connectivity index (χ1v) is 11.8. The number of aliphatic hydroxyl groups is 1. The van der Waals surface area contributed by atoms with Gasteiger partial charge in [-0.3, -0.25) is 9.59 Å². The molecule has 1 aliphatic heterocycles. The maximum Gasteiger partial charge on any atom is 0.254 e. The lowest BCUT2D eigenvalue weighted by atomic mass is 9.77. The lowest BCUT2D eigenvalue weighted by molar-refractivity contribution is -0.140. The highest BCUT2D eigenvalue weighted by Crippen LogP contribution is 2.40. The van der Waals surface area contributed by atoms with Crippen molar-refractivity contribution in [3.05, 3.63) is 62.4 Å². The summed E-state index contributed by atoms with van der Waals surface area (Å²) in [6.07, 6.45) is 0.838. The van der Waals surface area contributed by atoms with Crippen LogP contribution in [0.15, 0.2) is 29.1 Å². The zero-order valence-electron chi connectivity index (χ0n) is 20.0. The minimum Gasteiger partial charge on any atom is -0.377 e. The van der Waals surface area contributed by atoms with Crippen molar-refractivity contribution in [2.45, 2.75) is 64.6 Å². The van der Waals surface area contributed by atoms with Crippen molar-refractivity contribution in [1.82, 2.24) is 14.5 Å². The van der Waals surface area contributed by atoms with Crippen LogP contribution in [0.4, 0.5) is 0 Å². The summed E-state index contributed by atoms with van der Waals surface area (Å²) in [5.74, 6) is 0.189. The summed E-state index contributed by atoms with van der Waals surface area (Å²) in [5.41, 5.74) is 5.29. The van der Waals surface area contributed by atoms with Crippen LogP contribution in [0, 0.1) is 0 Å². The molecule has 0 fully saturated rings. The molecule has 3 aromatic rings. The van der Waals surface area contributed by atoms with Crippen LogP contribution in [0.2, 0.25) is 0 Å². The number of carbonyl (C=O) groups is 1. The fraction of sp³-hybridized carbons (Fsp3) is 0.444. The van der Waals surface area contributed by atoms with Gasteiger partial charge in [0, 0.05) is 35.0 Å². The summed E-state index contributed by atoms with van der Waals surface area (Å²) >= 11 is 0. The van der Waals surface area contributed by atoms with Crippen molar-refractivity contribution >= 4 is 16.7 Å². The van der Waals surface area contributed by atoms with Crippen LogP contribution in [-0.2, 0) is 29.9 Å². The van der Waals surface area contributed by atoms with E-state index in [0.29, 0.717) is 35.7 Å². The molecule has 3 heterocycles. The van der Waals surface area contributed by atoms with E-state index in [9.17, 15) is 14.7 Å². The highest BCUT2D eigenvalue weighted by atomic mass is 16.3. The van der Waals surface area contributed by atoms with Gasteiger partial charge in [-0.25, -0.2) is 4.98 Å². The van der Waals surface area contributed by atoms with Gasteiger partial charge in [0.2, 0.25) is 0 Å². The van der Waals surface area contributed by atoms with E-state index < -0.39 is 5.60 Å². The molecule has 1 atom stereocenters. The predicted octanol–water partition coefficient (Wildman–Crippen LogP) is 3.72. The average Bonchev–Trinajstić information content (AvgIpc) is 3.13. The number of fused-ring (bicyclic) bond motifs is 5. The van der Waals surface area contributed by atoms with Gasteiger partial charge in [0.1, 0.15) is 5.60 Å². The molecular formula is C27H31N3O3. The van der Waals surface area contributed by atoms with Crippen molar-refractivity contribution in [1.29, 1.82) is 0 Å². The molecule has 6 nitrogen and oxygen atoms in total. The zero-order chi connectivity index (χ0) is 23.7. The van der Waals surface area contributed by atoms with Crippen LogP contribution in [-0.4, -0.2) is 39.4 Å². The minimum absolute atomic E-state index is 0.111. The molecule has 2 aliphatic rings. The Morgan fingerprint density at radius 3 is 2.61 bits per heavy atom. The van der Waals surface area contributed by atoms with Crippen LogP contribution in [0.5, 0.6) is 0 Å². The van der Waals surface area contributed by atoms with E-state index in [-0.39, 0.29) is 24.2 Å². The summed E-state index contributed by atoms with van der Waals surface area (Å²) in [7, 11) is 4.14. The average molecular weight is 446 g/mol. The minimum atomic E-state index is -1.59. The monoisotopic (exact) mass is 445 g/mol. The van der Waals surface area contributed by atoms with Gasteiger partial charge >= 0.3 is 0 Å². The fourth-order valence-electron chi connectivity index (χ4n) is 5.55. The number of hydrogen-bond acceptors (Lipinski definition) is 5. The number of nitrogens with zero attached hydrogens (tertiary/aromatic N) is 3. The van der Waals surface area contributed by atoms with Gasteiger partial charge < -0.3 is 14.6 Å². The molecular weight excluding hydrogens is 414 g/mol. The van der Waals surface area contributed by atoms with Crippen LogP contribution >= 0.6 is 0 Å². The third kappa shape index (κ3) is 3.19. The lowest BCUT2D eigenvalue weighted by Crippen LogP contribution is -2.43. The molecule has 33 heavy (non-hydrogen) atoms. The van der Waals surface area contributed by atoms with Crippen molar-refractivity contribution in [2.75, 3.05) is 14.1 Å². The van der Waals surface area contributed by atoms with Crippen LogP contribution < -0.4 is 5.56 Å². The van der Waals surface area contributed by atoms with Crippen molar-refractivity contribution in [3.63, 3.8) is 0 Å². The second-order valence-corrected chi connectivity index (χ2v) is 10.0. The Morgan fingerprint density at radius 1 is 1.18 bits per heavy atom. The topological polar surface area (TPSA) is 75.4 Å². The number of carbonyl (C=O) groups excluding carboxylic acids is 1. The molecule has 0 bridgehead atoms. The van der Waals surface area contributed by atoms with E-state index in [2.05, 4.69) is 51.0 Å². The third-order valence-corrected chi connectivity index (χ3v) is 7.31. The Kier molecular flexibility index (Phi) is 5.07.